The number of nitrogen functional groups attached to an aromatic ring is 1. The highest BCUT2D eigenvalue weighted by Crippen LogP contribution is 2.22. The van der Waals surface area contributed by atoms with E-state index in [0.717, 1.165) is 11.1 Å². The third-order valence-corrected chi connectivity index (χ3v) is 1.99. The molecule has 0 amide bonds. The Bertz CT molecular complexity index is 460. The molecular weight excluding hydrogens is 167 g/mol. The molecule has 0 fully saturated rings. The fraction of sp³-hybridized carbons (Fsp3) is 0.100. The molecule has 0 radical (unpaired) electrons. The molecule has 1 aromatic carbocycles. The van der Waals surface area contributed by atoms with Crippen molar-refractivity contribution in [2.45, 2.75) is 6.92 Å². The van der Waals surface area contributed by atoms with Crippen molar-refractivity contribution >= 4 is 16.6 Å². The topological polar surface area (TPSA) is 38.9 Å². The molecule has 0 saturated heterocycles. The van der Waals surface area contributed by atoms with Gasteiger partial charge < -0.3 is 5.73 Å². The Morgan fingerprint density at radius 3 is 2.92 bits per heavy atom. The van der Waals surface area contributed by atoms with Gasteiger partial charge in [-0.15, -0.1) is 0 Å². The lowest BCUT2D eigenvalue weighted by Gasteiger charge is -2.02. The minimum absolute atomic E-state index is 0.175. The molecule has 0 aliphatic carbocycles. The zero-order chi connectivity index (χ0) is 9.42. The molecule has 0 aliphatic rings. The van der Waals surface area contributed by atoms with Gasteiger partial charge in [-0.2, -0.15) is 0 Å². The summed E-state index contributed by atoms with van der Waals surface area (Å²) in [4.78, 5) is 4.14. The normalized spacial score (nSPS) is 10.6. The summed E-state index contributed by atoms with van der Waals surface area (Å²) in [7, 11) is 0. The second kappa shape index (κ2) is 2.69. The lowest BCUT2D eigenvalue weighted by molar-refractivity contribution is 0.634. The third kappa shape index (κ3) is 1.22. The fourth-order valence-corrected chi connectivity index (χ4v) is 1.30. The van der Waals surface area contributed by atoms with E-state index in [1.807, 2.05) is 13.0 Å². The number of hydrogen-bond donors (Lipinski definition) is 1. The van der Waals surface area contributed by atoms with E-state index in [1.54, 1.807) is 12.3 Å². The monoisotopic (exact) mass is 176 g/mol. The molecule has 2 aromatic rings. The highest BCUT2D eigenvalue weighted by atomic mass is 19.1. The minimum atomic E-state index is -0.389. The molecule has 0 unspecified atom stereocenters. The molecule has 1 heterocycles. The van der Waals surface area contributed by atoms with Gasteiger partial charge in [0, 0.05) is 11.6 Å². The Labute approximate surface area is 75.2 Å². The average Bonchev–Trinajstić information content (AvgIpc) is 2.12. The number of hydrogen-bond acceptors (Lipinski definition) is 2. The first kappa shape index (κ1) is 7.98. The van der Waals surface area contributed by atoms with E-state index in [9.17, 15) is 4.39 Å². The first-order valence-corrected chi connectivity index (χ1v) is 3.99. The van der Waals surface area contributed by atoms with Gasteiger partial charge in [-0.25, -0.2) is 4.39 Å². The van der Waals surface area contributed by atoms with Gasteiger partial charge in [0.25, 0.3) is 0 Å². The number of aromatic nitrogens is 1. The number of halogens is 1. The van der Waals surface area contributed by atoms with Gasteiger partial charge in [-0.3, -0.25) is 4.98 Å². The fourth-order valence-electron chi connectivity index (χ4n) is 1.30. The summed E-state index contributed by atoms with van der Waals surface area (Å²) in [5.74, 6) is -0.389. The van der Waals surface area contributed by atoms with E-state index in [1.165, 1.54) is 6.07 Å². The molecule has 3 heteroatoms. The van der Waals surface area contributed by atoms with Crippen LogP contribution in [0.3, 0.4) is 0 Å². The maximum absolute atomic E-state index is 13.0. The lowest BCUT2D eigenvalue weighted by atomic mass is 10.1. The van der Waals surface area contributed by atoms with Crippen LogP contribution in [0.2, 0.25) is 0 Å². The Hall–Kier alpha value is -1.64. The number of fused-ring (bicyclic) bond motifs is 1. The molecule has 0 spiro atoms. The second-order valence-corrected chi connectivity index (χ2v) is 3.04. The summed E-state index contributed by atoms with van der Waals surface area (Å²) in [5, 5.41) is 0.681. The van der Waals surface area contributed by atoms with Crippen LogP contribution in [0.15, 0.2) is 24.4 Å². The van der Waals surface area contributed by atoms with Crippen LogP contribution in [0.25, 0.3) is 10.9 Å². The summed E-state index contributed by atoms with van der Waals surface area (Å²) >= 11 is 0. The van der Waals surface area contributed by atoms with Crippen molar-refractivity contribution in [3.63, 3.8) is 0 Å². The van der Waals surface area contributed by atoms with E-state index in [2.05, 4.69) is 4.98 Å². The second-order valence-electron chi connectivity index (χ2n) is 3.04. The van der Waals surface area contributed by atoms with Crippen LogP contribution in [0.4, 0.5) is 10.1 Å². The van der Waals surface area contributed by atoms with E-state index >= 15 is 0 Å². The van der Waals surface area contributed by atoms with Gasteiger partial charge in [-0.05, 0) is 30.7 Å². The van der Waals surface area contributed by atoms with Gasteiger partial charge in [0.15, 0.2) is 0 Å². The Morgan fingerprint density at radius 2 is 2.15 bits per heavy atom. The van der Waals surface area contributed by atoms with E-state index < -0.39 is 0 Å². The van der Waals surface area contributed by atoms with Gasteiger partial charge in [0.05, 0.1) is 11.2 Å². The molecule has 0 bridgehead atoms. The zero-order valence-corrected chi connectivity index (χ0v) is 7.21. The number of nitrogens with two attached hydrogens (primary N) is 1. The van der Waals surface area contributed by atoms with Gasteiger partial charge in [-0.1, -0.05) is 0 Å². The quantitative estimate of drug-likeness (QED) is 0.625. The number of benzene rings is 1. The van der Waals surface area contributed by atoms with Crippen LogP contribution >= 0.6 is 0 Å². The van der Waals surface area contributed by atoms with Crippen molar-refractivity contribution < 1.29 is 4.39 Å². The average molecular weight is 176 g/mol. The molecule has 66 valence electrons. The molecule has 1 aromatic heterocycles. The molecule has 2 rings (SSSR count). The van der Waals surface area contributed by atoms with Crippen molar-refractivity contribution in [2.24, 2.45) is 0 Å². The van der Waals surface area contributed by atoms with Crippen LogP contribution < -0.4 is 5.73 Å². The summed E-state index contributed by atoms with van der Waals surface area (Å²) in [6.07, 6.45) is 1.74. The highest BCUT2D eigenvalue weighted by Gasteiger charge is 2.03. The van der Waals surface area contributed by atoms with Crippen LogP contribution in [0.1, 0.15) is 5.56 Å². The first-order valence-electron chi connectivity index (χ1n) is 3.99. The lowest BCUT2D eigenvalue weighted by Crippen LogP contribution is -1.93. The van der Waals surface area contributed by atoms with Crippen molar-refractivity contribution in [2.75, 3.05) is 5.73 Å². The molecule has 13 heavy (non-hydrogen) atoms. The number of nitrogens with zero attached hydrogens (tertiary/aromatic N) is 1. The van der Waals surface area contributed by atoms with E-state index in [0.29, 0.717) is 5.39 Å². The SMILES string of the molecule is Cc1cnc2ccc(F)c(N)c2c1. The molecule has 2 N–H and O–H groups in total. The third-order valence-electron chi connectivity index (χ3n) is 1.99. The Kier molecular flexibility index (Phi) is 1.65. The van der Waals surface area contributed by atoms with Crippen LogP contribution in [-0.2, 0) is 0 Å². The van der Waals surface area contributed by atoms with Gasteiger partial charge in [0.2, 0.25) is 0 Å². The first-order chi connectivity index (χ1) is 6.18. The molecule has 0 saturated carbocycles. The summed E-state index contributed by atoms with van der Waals surface area (Å²) in [6, 6.07) is 4.79. The largest absolute Gasteiger partial charge is 0.396 e. The predicted octanol–water partition coefficient (Wildman–Crippen LogP) is 2.26. The van der Waals surface area contributed by atoms with E-state index in [-0.39, 0.29) is 11.5 Å². The standard InChI is InChI=1S/C10H9FN2/c1-6-4-7-9(13-5-6)3-2-8(11)10(7)12/h2-5H,12H2,1H3. The van der Waals surface area contributed by atoms with Crippen molar-refractivity contribution in [3.8, 4) is 0 Å². The van der Waals surface area contributed by atoms with Gasteiger partial charge >= 0.3 is 0 Å². The molecule has 2 nitrogen and oxygen atoms in total. The molecule has 0 atom stereocenters. The minimum Gasteiger partial charge on any atom is -0.396 e. The number of anilines is 1. The Morgan fingerprint density at radius 1 is 1.38 bits per heavy atom. The molecule has 0 aliphatic heterocycles. The predicted molar refractivity (Wildman–Crippen MR) is 50.9 cm³/mol. The van der Waals surface area contributed by atoms with Crippen LogP contribution in [0, 0.1) is 12.7 Å². The van der Waals surface area contributed by atoms with Gasteiger partial charge in [0.1, 0.15) is 5.82 Å². The maximum atomic E-state index is 13.0. The Balaban J connectivity index is 2.89. The number of rotatable bonds is 0. The summed E-state index contributed by atoms with van der Waals surface area (Å²) in [6.45, 7) is 1.90. The smallest absolute Gasteiger partial charge is 0.146 e. The maximum Gasteiger partial charge on any atom is 0.146 e. The van der Waals surface area contributed by atoms with Crippen molar-refractivity contribution in [3.05, 3.63) is 35.8 Å². The number of pyridine rings is 1. The van der Waals surface area contributed by atoms with Crippen LogP contribution in [-0.4, -0.2) is 4.98 Å². The van der Waals surface area contributed by atoms with Crippen molar-refractivity contribution in [1.29, 1.82) is 0 Å². The molecular formula is C10H9FN2. The summed E-state index contributed by atoms with van der Waals surface area (Å²) in [5.41, 5.74) is 7.45. The number of aryl methyl sites for hydroxylation is 1. The van der Waals surface area contributed by atoms with Crippen molar-refractivity contribution in [1.82, 2.24) is 4.98 Å². The summed E-state index contributed by atoms with van der Waals surface area (Å²) < 4.78 is 13.0. The zero-order valence-electron chi connectivity index (χ0n) is 7.21. The van der Waals surface area contributed by atoms with Crippen LogP contribution in [0.5, 0.6) is 0 Å². The highest BCUT2D eigenvalue weighted by molar-refractivity contribution is 5.90. The van der Waals surface area contributed by atoms with E-state index in [4.69, 9.17) is 5.73 Å².